The predicted molar refractivity (Wildman–Crippen MR) is 123 cm³/mol. The monoisotopic (exact) mass is 399 g/mol. The maximum absolute atomic E-state index is 6.30. The summed E-state index contributed by atoms with van der Waals surface area (Å²) in [5.74, 6) is 0. The molecule has 0 saturated heterocycles. The first-order chi connectivity index (χ1) is 15.4. The van der Waals surface area contributed by atoms with Crippen molar-refractivity contribution in [3.05, 3.63) is 79.4 Å². The predicted octanol–water partition coefficient (Wildman–Crippen LogP) is 6.83. The van der Waals surface area contributed by atoms with E-state index in [1.807, 2.05) is 48.9 Å². The Hall–Kier alpha value is -4.38. The average Bonchev–Trinajstić information content (AvgIpc) is 3.52. The number of hydrogen-bond donors (Lipinski definition) is 0. The Balaban J connectivity index is 1.64. The molecule has 0 aliphatic carbocycles. The van der Waals surface area contributed by atoms with Crippen LogP contribution in [0.2, 0.25) is 0 Å². The van der Waals surface area contributed by atoms with Gasteiger partial charge in [0.25, 0.3) is 0 Å². The third-order valence-corrected chi connectivity index (χ3v) is 6.35. The van der Waals surface area contributed by atoms with Gasteiger partial charge in [0.15, 0.2) is 0 Å². The molecule has 0 spiro atoms. The molecule has 144 valence electrons. The maximum Gasteiger partial charge on any atom is 0.147 e. The zero-order valence-corrected chi connectivity index (χ0v) is 16.2. The topological polar surface area (TPSA) is 56.5 Å². The Morgan fingerprint density at radius 1 is 0.677 bits per heavy atom. The summed E-state index contributed by atoms with van der Waals surface area (Å²) < 4.78 is 14.7. The Morgan fingerprint density at radius 2 is 1.65 bits per heavy atom. The highest BCUT2D eigenvalue weighted by molar-refractivity contribution is 6.24. The molecule has 0 atom stereocenters. The van der Waals surface area contributed by atoms with E-state index >= 15 is 0 Å². The standard InChI is InChI=1S/C26H13N3O2/c1-2-4-21-14(3-1)15-5-6-22-24(25(15)31-21)18-11-20-17(12-23(18)30-22)19-13-27-8-7-16(19)26-28-9-10-29(20)26/h1-13H. The van der Waals surface area contributed by atoms with E-state index in [0.29, 0.717) is 0 Å². The van der Waals surface area contributed by atoms with Crippen LogP contribution in [0.25, 0.3) is 71.2 Å². The van der Waals surface area contributed by atoms with Crippen LogP contribution in [0, 0.1) is 0 Å². The Bertz CT molecular complexity index is 2010. The zero-order chi connectivity index (χ0) is 20.1. The Morgan fingerprint density at radius 3 is 2.65 bits per heavy atom. The fraction of sp³-hybridized carbons (Fsp3) is 0. The van der Waals surface area contributed by atoms with Gasteiger partial charge in [-0.25, -0.2) is 4.98 Å². The highest BCUT2D eigenvalue weighted by Gasteiger charge is 2.18. The third kappa shape index (κ3) is 1.82. The van der Waals surface area contributed by atoms with E-state index in [1.54, 1.807) is 6.20 Å². The molecule has 31 heavy (non-hydrogen) atoms. The fourth-order valence-electron chi connectivity index (χ4n) is 4.99. The molecule has 0 amide bonds. The number of para-hydroxylation sites is 1. The quantitative estimate of drug-likeness (QED) is 0.262. The van der Waals surface area contributed by atoms with Crippen molar-refractivity contribution >= 4 is 71.2 Å². The van der Waals surface area contributed by atoms with E-state index in [-0.39, 0.29) is 0 Å². The summed E-state index contributed by atoms with van der Waals surface area (Å²) >= 11 is 0. The number of nitrogens with zero attached hydrogens (tertiary/aromatic N) is 3. The van der Waals surface area contributed by atoms with Crippen LogP contribution in [0.15, 0.2) is 88.2 Å². The van der Waals surface area contributed by atoms with E-state index in [9.17, 15) is 0 Å². The molecular formula is C26H13N3O2. The average molecular weight is 399 g/mol. The molecule has 5 heterocycles. The molecule has 0 fully saturated rings. The van der Waals surface area contributed by atoms with Gasteiger partial charge in [-0.05, 0) is 36.4 Å². The van der Waals surface area contributed by atoms with Crippen molar-refractivity contribution in [2.75, 3.05) is 0 Å². The van der Waals surface area contributed by atoms with Crippen molar-refractivity contribution in [1.82, 2.24) is 14.4 Å². The molecule has 0 unspecified atom stereocenters. The number of hydrogen-bond acceptors (Lipinski definition) is 4. The fourth-order valence-corrected chi connectivity index (χ4v) is 4.99. The molecule has 8 rings (SSSR count). The van der Waals surface area contributed by atoms with Gasteiger partial charge < -0.3 is 8.83 Å². The number of rotatable bonds is 0. The van der Waals surface area contributed by atoms with E-state index in [1.165, 1.54) is 0 Å². The molecule has 0 N–H and O–H groups in total. The molecule has 0 radical (unpaired) electrons. The number of imidazole rings is 1. The molecule has 5 nitrogen and oxygen atoms in total. The van der Waals surface area contributed by atoms with Gasteiger partial charge in [-0.15, -0.1) is 0 Å². The smallest absolute Gasteiger partial charge is 0.147 e. The highest BCUT2D eigenvalue weighted by atomic mass is 16.3. The summed E-state index contributed by atoms with van der Waals surface area (Å²) in [7, 11) is 0. The van der Waals surface area contributed by atoms with Crippen LogP contribution in [0.3, 0.4) is 0 Å². The molecule has 0 aliphatic heterocycles. The second-order valence-electron chi connectivity index (χ2n) is 7.92. The van der Waals surface area contributed by atoms with Gasteiger partial charge in [0.05, 0.1) is 10.9 Å². The minimum atomic E-state index is 0.821. The second kappa shape index (κ2) is 5.21. The molecule has 0 aliphatic rings. The number of benzene rings is 3. The largest absolute Gasteiger partial charge is 0.456 e. The van der Waals surface area contributed by atoms with E-state index in [4.69, 9.17) is 8.83 Å². The molecule has 0 saturated carbocycles. The van der Waals surface area contributed by atoms with Crippen molar-refractivity contribution in [3.8, 4) is 0 Å². The minimum absolute atomic E-state index is 0.821. The first kappa shape index (κ1) is 15.5. The van der Waals surface area contributed by atoms with Gasteiger partial charge in [-0.1, -0.05) is 18.2 Å². The van der Waals surface area contributed by atoms with E-state index in [0.717, 1.165) is 71.2 Å². The van der Waals surface area contributed by atoms with Gasteiger partial charge in [0.2, 0.25) is 0 Å². The van der Waals surface area contributed by atoms with Gasteiger partial charge >= 0.3 is 0 Å². The lowest BCUT2D eigenvalue weighted by atomic mass is 10.0. The molecular weight excluding hydrogens is 386 g/mol. The van der Waals surface area contributed by atoms with Crippen molar-refractivity contribution in [3.63, 3.8) is 0 Å². The molecule has 0 bridgehead atoms. The van der Waals surface area contributed by atoms with Crippen LogP contribution in [-0.2, 0) is 0 Å². The number of furan rings is 2. The molecule has 8 aromatic rings. The van der Waals surface area contributed by atoms with Crippen LogP contribution in [0.4, 0.5) is 0 Å². The van der Waals surface area contributed by atoms with Gasteiger partial charge in [0, 0.05) is 57.1 Å². The SMILES string of the molecule is c1ccc2c(c1)oc1c2ccc2oc3cc4c5cnccc5c5nccn5c4cc3c21. The van der Waals surface area contributed by atoms with Crippen LogP contribution >= 0.6 is 0 Å². The van der Waals surface area contributed by atoms with Crippen molar-refractivity contribution < 1.29 is 8.83 Å². The normalized spacial score (nSPS) is 12.5. The maximum atomic E-state index is 6.30. The Labute approximate surface area is 174 Å². The lowest BCUT2D eigenvalue weighted by molar-refractivity contribution is 0.663. The lowest BCUT2D eigenvalue weighted by Gasteiger charge is -2.07. The van der Waals surface area contributed by atoms with Crippen LogP contribution in [0.1, 0.15) is 0 Å². The Kier molecular flexibility index (Phi) is 2.60. The van der Waals surface area contributed by atoms with Crippen LogP contribution < -0.4 is 0 Å². The van der Waals surface area contributed by atoms with Crippen molar-refractivity contribution in [1.29, 1.82) is 0 Å². The van der Waals surface area contributed by atoms with Crippen molar-refractivity contribution in [2.24, 2.45) is 0 Å². The van der Waals surface area contributed by atoms with Crippen molar-refractivity contribution in [2.45, 2.75) is 0 Å². The number of aromatic nitrogens is 3. The second-order valence-corrected chi connectivity index (χ2v) is 7.92. The number of fused-ring (bicyclic) bond motifs is 13. The summed E-state index contributed by atoms with van der Waals surface area (Å²) in [5.41, 5.74) is 5.39. The summed E-state index contributed by atoms with van der Waals surface area (Å²) in [5, 5.41) is 7.47. The zero-order valence-electron chi connectivity index (χ0n) is 16.2. The third-order valence-electron chi connectivity index (χ3n) is 6.35. The first-order valence-electron chi connectivity index (χ1n) is 10.2. The van der Waals surface area contributed by atoms with E-state index < -0.39 is 0 Å². The first-order valence-corrected chi connectivity index (χ1v) is 10.2. The highest BCUT2D eigenvalue weighted by Crippen LogP contribution is 2.41. The van der Waals surface area contributed by atoms with Gasteiger partial charge in [-0.2, -0.15) is 0 Å². The lowest BCUT2D eigenvalue weighted by Crippen LogP contribution is -1.91. The van der Waals surface area contributed by atoms with Gasteiger partial charge in [-0.3, -0.25) is 9.38 Å². The van der Waals surface area contributed by atoms with Gasteiger partial charge in [0.1, 0.15) is 28.0 Å². The van der Waals surface area contributed by atoms with E-state index in [2.05, 4.69) is 38.6 Å². The van der Waals surface area contributed by atoms with Crippen LogP contribution in [-0.4, -0.2) is 14.4 Å². The molecule has 5 heteroatoms. The minimum Gasteiger partial charge on any atom is -0.456 e. The van der Waals surface area contributed by atoms with Crippen LogP contribution in [0.5, 0.6) is 0 Å². The summed E-state index contributed by atoms with van der Waals surface area (Å²) in [4.78, 5) is 8.96. The summed E-state index contributed by atoms with van der Waals surface area (Å²) in [6.07, 6.45) is 7.55. The number of pyridine rings is 2. The summed E-state index contributed by atoms with van der Waals surface area (Å²) in [6.45, 7) is 0. The summed E-state index contributed by atoms with van der Waals surface area (Å²) in [6, 6.07) is 18.6. The molecule has 5 aromatic heterocycles. The molecule has 3 aromatic carbocycles.